The molecule has 2 aliphatic rings. The lowest BCUT2D eigenvalue weighted by Gasteiger charge is -2.25. The molecule has 27 heavy (non-hydrogen) atoms. The van der Waals surface area contributed by atoms with Gasteiger partial charge in [0.25, 0.3) is 0 Å². The molecular weight excluding hydrogens is 336 g/mol. The standard InChI is InChI=1S/C24H40O3/c1-2-3-6-13-22(25)15-19-24(17-9-10-18-24)16-8-4-5-11-20-26-23-14-7-12-21-27-23/h9-10,15,19,23H,2-8,11-14,16-18,20-21H2,1H3. The molecule has 0 aromatic carbocycles. The molecule has 0 N–H and O–H groups in total. The average Bonchev–Trinajstić information content (AvgIpc) is 3.16. The van der Waals surface area contributed by atoms with Crippen molar-refractivity contribution in [3.8, 4) is 0 Å². The van der Waals surface area contributed by atoms with Crippen LogP contribution in [0.1, 0.15) is 96.8 Å². The van der Waals surface area contributed by atoms with Crippen molar-refractivity contribution in [3.05, 3.63) is 24.3 Å². The Morgan fingerprint density at radius 1 is 1.11 bits per heavy atom. The highest BCUT2D eigenvalue weighted by molar-refractivity contribution is 5.89. The fourth-order valence-corrected chi connectivity index (χ4v) is 4.04. The molecule has 3 nitrogen and oxygen atoms in total. The predicted molar refractivity (Wildman–Crippen MR) is 112 cm³/mol. The van der Waals surface area contributed by atoms with Crippen LogP contribution in [-0.2, 0) is 14.3 Å². The molecular formula is C24H40O3. The molecule has 0 aromatic rings. The first-order valence-corrected chi connectivity index (χ1v) is 11.3. The summed E-state index contributed by atoms with van der Waals surface area (Å²) in [6.45, 7) is 3.86. The largest absolute Gasteiger partial charge is 0.353 e. The topological polar surface area (TPSA) is 35.5 Å². The van der Waals surface area contributed by atoms with E-state index in [1.807, 2.05) is 6.08 Å². The van der Waals surface area contributed by atoms with Gasteiger partial charge in [0, 0.05) is 19.6 Å². The Balaban J connectivity index is 1.57. The third-order valence-corrected chi connectivity index (χ3v) is 5.88. The maximum atomic E-state index is 12.1. The van der Waals surface area contributed by atoms with Gasteiger partial charge in [0.15, 0.2) is 12.1 Å². The maximum absolute atomic E-state index is 12.1. The van der Waals surface area contributed by atoms with Gasteiger partial charge in [0.05, 0.1) is 0 Å². The van der Waals surface area contributed by atoms with Crippen molar-refractivity contribution in [1.82, 2.24) is 0 Å². The summed E-state index contributed by atoms with van der Waals surface area (Å²) in [5.74, 6) is 0.303. The first-order chi connectivity index (χ1) is 13.2. The summed E-state index contributed by atoms with van der Waals surface area (Å²) < 4.78 is 11.4. The van der Waals surface area contributed by atoms with Gasteiger partial charge < -0.3 is 9.47 Å². The molecule has 0 amide bonds. The number of hydrogen-bond donors (Lipinski definition) is 0. The summed E-state index contributed by atoms with van der Waals surface area (Å²) in [6, 6.07) is 0. The molecule has 1 saturated heterocycles. The fraction of sp³-hybridized carbons (Fsp3) is 0.792. The van der Waals surface area contributed by atoms with Crippen LogP contribution in [0.4, 0.5) is 0 Å². The first kappa shape index (κ1) is 22.4. The van der Waals surface area contributed by atoms with Crippen molar-refractivity contribution in [2.45, 2.75) is 103 Å². The zero-order chi connectivity index (χ0) is 19.2. The zero-order valence-electron chi connectivity index (χ0n) is 17.4. The monoisotopic (exact) mass is 376 g/mol. The highest BCUT2D eigenvalue weighted by atomic mass is 16.7. The second-order valence-electron chi connectivity index (χ2n) is 8.33. The van der Waals surface area contributed by atoms with Crippen LogP contribution in [0.5, 0.6) is 0 Å². The van der Waals surface area contributed by atoms with Gasteiger partial charge in [-0.15, -0.1) is 0 Å². The Kier molecular flexibility index (Phi) is 11.0. The Labute approximate surface area is 166 Å². The van der Waals surface area contributed by atoms with E-state index in [0.29, 0.717) is 12.2 Å². The minimum Gasteiger partial charge on any atom is -0.353 e. The number of carbonyl (C=O) groups is 1. The lowest BCUT2D eigenvalue weighted by atomic mass is 9.79. The Morgan fingerprint density at radius 2 is 1.93 bits per heavy atom. The fourth-order valence-electron chi connectivity index (χ4n) is 4.04. The molecule has 1 unspecified atom stereocenters. The Morgan fingerprint density at radius 3 is 2.67 bits per heavy atom. The summed E-state index contributed by atoms with van der Waals surface area (Å²) in [5, 5.41) is 0. The van der Waals surface area contributed by atoms with E-state index in [2.05, 4.69) is 25.2 Å². The number of allylic oxidation sites excluding steroid dienone is 4. The summed E-state index contributed by atoms with van der Waals surface area (Å²) in [5.41, 5.74) is 0.201. The number of hydrogen-bond acceptors (Lipinski definition) is 3. The molecule has 0 bridgehead atoms. The van der Waals surface area contributed by atoms with Crippen LogP contribution in [0.15, 0.2) is 24.3 Å². The van der Waals surface area contributed by atoms with Crippen LogP contribution in [-0.4, -0.2) is 25.3 Å². The van der Waals surface area contributed by atoms with Gasteiger partial charge in [-0.2, -0.15) is 0 Å². The third kappa shape index (κ3) is 9.21. The molecule has 2 rings (SSSR count). The van der Waals surface area contributed by atoms with Crippen molar-refractivity contribution < 1.29 is 14.3 Å². The second-order valence-corrected chi connectivity index (χ2v) is 8.33. The van der Waals surface area contributed by atoms with Gasteiger partial charge in [-0.25, -0.2) is 0 Å². The van der Waals surface area contributed by atoms with E-state index in [1.165, 1.54) is 44.9 Å². The normalized spacial score (nSPS) is 21.9. The number of rotatable bonds is 14. The molecule has 154 valence electrons. The average molecular weight is 377 g/mol. The smallest absolute Gasteiger partial charge is 0.157 e. The quantitative estimate of drug-likeness (QED) is 0.197. The zero-order valence-corrected chi connectivity index (χ0v) is 17.4. The summed E-state index contributed by atoms with van der Waals surface area (Å²) in [4.78, 5) is 12.1. The van der Waals surface area contributed by atoms with Crippen LogP contribution >= 0.6 is 0 Å². The van der Waals surface area contributed by atoms with Crippen molar-refractivity contribution in [3.63, 3.8) is 0 Å². The van der Waals surface area contributed by atoms with E-state index < -0.39 is 0 Å². The van der Waals surface area contributed by atoms with Crippen LogP contribution in [0.2, 0.25) is 0 Å². The number of carbonyl (C=O) groups excluding carboxylic acids is 1. The van der Waals surface area contributed by atoms with Gasteiger partial charge in [-0.05, 0) is 62.9 Å². The van der Waals surface area contributed by atoms with Crippen molar-refractivity contribution >= 4 is 5.78 Å². The lowest BCUT2D eigenvalue weighted by molar-refractivity contribution is -0.162. The van der Waals surface area contributed by atoms with Crippen molar-refractivity contribution in [1.29, 1.82) is 0 Å². The predicted octanol–water partition coefficient (Wildman–Crippen LogP) is 6.52. The molecule has 1 aliphatic heterocycles. The second kappa shape index (κ2) is 13.3. The van der Waals surface area contributed by atoms with Gasteiger partial charge >= 0.3 is 0 Å². The Hall–Kier alpha value is -0.930. The summed E-state index contributed by atoms with van der Waals surface area (Å²) in [6.07, 6.45) is 24.4. The van der Waals surface area contributed by atoms with E-state index in [9.17, 15) is 4.79 Å². The summed E-state index contributed by atoms with van der Waals surface area (Å²) in [7, 11) is 0. The highest BCUT2D eigenvalue weighted by Gasteiger charge is 2.27. The molecule has 1 atom stereocenters. The van der Waals surface area contributed by atoms with E-state index >= 15 is 0 Å². The molecule has 0 radical (unpaired) electrons. The van der Waals surface area contributed by atoms with Crippen LogP contribution in [0.3, 0.4) is 0 Å². The van der Waals surface area contributed by atoms with E-state index in [-0.39, 0.29) is 11.7 Å². The molecule has 3 heteroatoms. The van der Waals surface area contributed by atoms with Crippen LogP contribution < -0.4 is 0 Å². The first-order valence-electron chi connectivity index (χ1n) is 11.3. The van der Waals surface area contributed by atoms with Crippen LogP contribution in [0.25, 0.3) is 0 Å². The maximum Gasteiger partial charge on any atom is 0.157 e. The molecule has 1 fully saturated rings. The molecule has 0 saturated carbocycles. The molecule has 1 aliphatic carbocycles. The minimum absolute atomic E-state index is 0.0478. The SMILES string of the molecule is CCCCCC(=O)C=CC1(CCCCCCOC2CCCCO2)CC=CC1. The van der Waals surface area contributed by atoms with Gasteiger partial charge in [0.2, 0.25) is 0 Å². The van der Waals surface area contributed by atoms with Crippen molar-refractivity contribution in [2.24, 2.45) is 5.41 Å². The van der Waals surface area contributed by atoms with Gasteiger partial charge in [-0.1, -0.05) is 57.3 Å². The summed E-state index contributed by atoms with van der Waals surface area (Å²) >= 11 is 0. The van der Waals surface area contributed by atoms with Crippen LogP contribution in [0, 0.1) is 5.41 Å². The minimum atomic E-state index is 0.0478. The Bertz CT molecular complexity index is 452. The van der Waals surface area contributed by atoms with Crippen molar-refractivity contribution in [2.75, 3.05) is 13.2 Å². The number of ether oxygens (including phenoxy) is 2. The highest BCUT2D eigenvalue weighted by Crippen LogP contribution is 2.40. The molecule has 0 spiro atoms. The number of ketones is 1. The lowest BCUT2D eigenvalue weighted by Crippen LogP contribution is -2.22. The van der Waals surface area contributed by atoms with Gasteiger partial charge in [0.1, 0.15) is 0 Å². The van der Waals surface area contributed by atoms with E-state index in [1.54, 1.807) is 0 Å². The van der Waals surface area contributed by atoms with E-state index in [4.69, 9.17) is 9.47 Å². The van der Waals surface area contributed by atoms with E-state index in [0.717, 1.165) is 51.7 Å². The number of unbranched alkanes of at least 4 members (excludes halogenated alkanes) is 5. The van der Waals surface area contributed by atoms with Gasteiger partial charge in [-0.3, -0.25) is 4.79 Å². The third-order valence-electron chi connectivity index (χ3n) is 5.88. The molecule has 1 heterocycles. The molecule has 0 aromatic heterocycles.